The molecule has 0 spiro atoms. The second kappa shape index (κ2) is 7.79. The highest BCUT2D eigenvalue weighted by atomic mass is 32.1. The van der Waals surface area contributed by atoms with Gasteiger partial charge in [-0.3, -0.25) is 15.6 Å². The van der Waals surface area contributed by atoms with E-state index in [9.17, 15) is 4.79 Å². The SMILES string of the molecule is Cc1ccc(NC(=S)NNC(=O)c2cccc(N(C)C)c2)cc1C. The van der Waals surface area contributed by atoms with Gasteiger partial charge in [0.2, 0.25) is 0 Å². The van der Waals surface area contributed by atoms with Gasteiger partial charge in [-0.2, -0.15) is 0 Å². The van der Waals surface area contributed by atoms with E-state index in [0.29, 0.717) is 10.7 Å². The molecule has 0 unspecified atom stereocenters. The quantitative estimate of drug-likeness (QED) is 0.591. The fraction of sp³-hybridized carbons (Fsp3) is 0.222. The van der Waals surface area contributed by atoms with Crippen LogP contribution >= 0.6 is 12.2 Å². The minimum Gasteiger partial charge on any atom is -0.378 e. The third-order valence-corrected chi connectivity index (χ3v) is 3.88. The minimum absolute atomic E-state index is 0.247. The number of aryl methyl sites for hydroxylation is 2. The summed E-state index contributed by atoms with van der Waals surface area (Å²) in [6.45, 7) is 4.09. The lowest BCUT2D eigenvalue weighted by Crippen LogP contribution is -2.43. The Labute approximate surface area is 148 Å². The molecule has 0 aliphatic rings. The Morgan fingerprint density at radius 3 is 2.42 bits per heavy atom. The summed E-state index contributed by atoms with van der Waals surface area (Å²) in [5.41, 5.74) is 10.1. The van der Waals surface area contributed by atoms with Crippen LogP contribution in [0.2, 0.25) is 0 Å². The maximum absolute atomic E-state index is 12.2. The van der Waals surface area contributed by atoms with Gasteiger partial charge in [-0.25, -0.2) is 0 Å². The van der Waals surface area contributed by atoms with Crippen molar-refractivity contribution in [2.75, 3.05) is 24.3 Å². The molecule has 6 heteroatoms. The van der Waals surface area contributed by atoms with Gasteiger partial charge in [0.25, 0.3) is 5.91 Å². The van der Waals surface area contributed by atoms with Gasteiger partial charge in [-0.15, -0.1) is 0 Å². The molecule has 0 aliphatic heterocycles. The lowest BCUT2D eigenvalue weighted by atomic mass is 10.1. The fourth-order valence-corrected chi connectivity index (χ4v) is 2.26. The molecule has 126 valence electrons. The number of amides is 1. The highest BCUT2D eigenvalue weighted by Crippen LogP contribution is 2.14. The topological polar surface area (TPSA) is 56.4 Å². The van der Waals surface area contributed by atoms with Gasteiger partial charge < -0.3 is 10.2 Å². The van der Waals surface area contributed by atoms with Gasteiger partial charge in [-0.05, 0) is 67.5 Å². The van der Waals surface area contributed by atoms with Gasteiger partial charge in [0, 0.05) is 31.0 Å². The number of nitrogens with one attached hydrogen (secondary N) is 3. The normalized spacial score (nSPS) is 10.0. The summed E-state index contributed by atoms with van der Waals surface area (Å²) < 4.78 is 0. The maximum atomic E-state index is 12.2. The Kier molecular flexibility index (Phi) is 5.76. The summed E-state index contributed by atoms with van der Waals surface area (Å²) in [7, 11) is 3.86. The molecule has 0 heterocycles. The van der Waals surface area contributed by atoms with E-state index < -0.39 is 0 Å². The second-order valence-electron chi connectivity index (χ2n) is 5.78. The van der Waals surface area contributed by atoms with E-state index >= 15 is 0 Å². The average Bonchev–Trinajstić information content (AvgIpc) is 2.56. The summed E-state index contributed by atoms with van der Waals surface area (Å²) in [6, 6.07) is 13.3. The van der Waals surface area contributed by atoms with Crippen molar-refractivity contribution in [1.29, 1.82) is 0 Å². The Bertz CT molecular complexity index is 758. The van der Waals surface area contributed by atoms with Crippen molar-refractivity contribution in [1.82, 2.24) is 10.9 Å². The number of benzene rings is 2. The number of rotatable bonds is 3. The number of carbonyl (C=O) groups is 1. The standard InChI is InChI=1S/C18H22N4OS/c1-12-8-9-15(10-13(12)2)19-18(24)21-20-17(23)14-6-5-7-16(11-14)22(3)4/h5-11H,1-4H3,(H,20,23)(H2,19,21,24). The van der Waals surface area contributed by atoms with Crippen molar-refractivity contribution >= 4 is 34.6 Å². The van der Waals surface area contributed by atoms with Crippen molar-refractivity contribution in [3.05, 3.63) is 59.2 Å². The summed E-state index contributed by atoms with van der Waals surface area (Å²) in [5, 5.41) is 3.37. The predicted molar refractivity (Wildman–Crippen MR) is 104 cm³/mol. The van der Waals surface area contributed by atoms with Crippen LogP contribution in [0.3, 0.4) is 0 Å². The summed E-state index contributed by atoms with van der Waals surface area (Å²) in [4.78, 5) is 14.1. The van der Waals surface area contributed by atoms with Crippen LogP contribution in [0, 0.1) is 13.8 Å². The second-order valence-corrected chi connectivity index (χ2v) is 6.19. The summed E-state index contributed by atoms with van der Waals surface area (Å²) in [6.07, 6.45) is 0. The first-order chi connectivity index (χ1) is 11.4. The number of carbonyl (C=O) groups excluding carboxylic acids is 1. The molecule has 0 aromatic heterocycles. The van der Waals surface area contributed by atoms with Crippen molar-refractivity contribution in [3.63, 3.8) is 0 Å². The van der Waals surface area contributed by atoms with Crippen molar-refractivity contribution in [3.8, 4) is 0 Å². The number of hydrogen-bond acceptors (Lipinski definition) is 3. The highest BCUT2D eigenvalue weighted by molar-refractivity contribution is 7.80. The van der Waals surface area contributed by atoms with Crippen LogP contribution in [-0.2, 0) is 0 Å². The van der Waals surface area contributed by atoms with E-state index in [1.807, 2.05) is 62.3 Å². The van der Waals surface area contributed by atoms with Gasteiger partial charge >= 0.3 is 0 Å². The van der Waals surface area contributed by atoms with Gasteiger partial charge in [-0.1, -0.05) is 12.1 Å². The Morgan fingerprint density at radius 2 is 1.75 bits per heavy atom. The fourth-order valence-electron chi connectivity index (χ4n) is 2.09. The van der Waals surface area contributed by atoms with E-state index in [0.717, 1.165) is 11.4 Å². The van der Waals surface area contributed by atoms with Crippen LogP contribution in [0.15, 0.2) is 42.5 Å². The maximum Gasteiger partial charge on any atom is 0.269 e. The first kappa shape index (κ1) is 17.7. The van der Waals surface area contributed by atoms with Crippen LogP contribution in [0.1, 0.15) is 21.5 Å². The lowest BCUT2D eigenvalue weighted by molar-refractivity contribution is 0.0944. The molecule has 24 heavy (non-hydrogen) atoms. The molecule has 2 rings (SSSR count). The molecule has 0 saturated carbocycles. The molecule has 0 aliphatic carbocycles. The molecule has 3 N–H and O–H groups in total. The molecule has 2 aromatic rings. The third kappa shape index (κ3) is 4.70. The first-order valence-electron chi connectivity index (χ1n) is 7.59. The highest BCUT2D eigenvalue weighted by Gasteiger charge is 2.07. The van der Waals surface area contributed by atoms with E-state index in [-0.39, 0.29) is 5.91 Å². The lowest BCUT2D eigenvalue weighted by Gasteiger charge is -2.15. The smallest absolute Gasteiger partial charge is 0.269 e. The zero-order chi connectivity index (χ0) is 17.7. The molecule has 5 nitrogen and oxygen atoms in total. The van der Waals surface area contributed by atoms with Crippen LogP contribution in [0.5, 0.6) is 0 Å². The molecule has 0 bridgehead atoms. The van der Waals surface area contributed by atoms with Gasteiger partial charge in [0.1, 0.15) is 0 Å². The van der Waals surface area contributed by atoms with Crippen LogP contribution in [0.25, 0.3) is 0 Å². The number of hydrogen-bond donors (Lipinski definition) is 3. The Morgan fingerprint density at radius 1 is 1.00 bits per heavy atom. The van der Waals surface area contributed by atoms with Crippen LogP contribution < -0.4 is 21.1 Å². The summed E-state index contributed by atoms with van der Waals surface area (Å²) in [5.74, 6) is -0.247. The largest absolute Gasteiger partial charge is 0.378 e. The molecule has 1 amide bonds. The molecule has 2 aromatic carbocycles. The van der Waals surface area contributed by atoms with Gasteiger partial charge in [0.15, 0.2) is 5.11 Å². The van der Waals surface area contributed by atoms with E-state index in [2.05, 4.69) is 23.1 Å². The Balaban J connectivity index is 1.92. The molecule has 0 fully saturated rings. The molecule has 0 saturated heterocycles. The van der Waals surface area contributed by atoms with E-state index in [1.54, 1.807) is 6.07 Å². The van der Waals surface area contributed by atoms with Crippen molar-refractivity contribution in [2.24, 2.45) is 0 Å². The number of thiocarbonyl (C=S) groups is 1. The number of nitrogens with zero attached hydrogens (tertiary/aromatic N) is 1. The average molecular weight is 342 g/mol. The van der Waals surface area contributed by atoms with Crippen molar-refractivity contribution < 1.29 is 4.79 Å². The first-order valence-corrected chi connectivity index (χ1v) is 7.99. The van der Waals surface area contributed by atoms with Crippen LogP contribution in [0.4, 0.5) is 11.4 Å². The molecular formula is C18H22N4OS. The number of hydrazine groups is 1. The minimum atomic E-state index is -0.247. The number of anilines is 2. The summed E-state index contributed by atoms with van der Waals surface area (Å²) >= 11 is 5.20. The molecule has 0 atom stereocenters. The predicted octanol–water partition coefficient (Wildman–Crippen LogP) is 3.00. The van der Waals surface area contributed by atoms with Gasteiger partial charge in [0.05, 0.1) is 0 Å². The molecular weight excluding hydrogens is 320 g/mol. The van der Waals surface area contributed by atoms with Crippen LogP contribution in [-0.4, -0.2) is 25.1 Å². The van der Waals surface area contributed by atoms with Crippen molar-refractivity contribution in [2.45, 2.75) is 13.8 Å². The third-order valence-electron chi connectivity index (χ3n) is 3.68. The zero-order valence-corrected chi connectivity index (χ0v) is 15.1. The van der Waals surface area contributed by atoms with E-state index in [4.69, 9.17) is 12.2 Å². The zero-order valence-electron chi connectivity index (χ0n) is 14.3. The monoisotopic (exact) mass is 342 g/mol. The Hall–Kier alpha value is -2.60. The van der Waals surface area contributed by atoms with E-state index in [1.165, 1.54) is 11.1 Å². The molecule has 0 radical (unpaired) electrons.